The number of allylic oxidation sites excluding steroid dienone is 1. The summed E-state index contributed by atoms with van der Waals surface area (Å²) < 4.78 is 0. The zero-order valence-electron chi connectivity index (χ0n) is 16.0. The lowest BCUT2D eigenvalue weighted by atomic mass is 9.63. The Kier molecular flexibility index (Phi) is 4.33. The van der Waals surface area contributed by atoms with Crippen molar-refractivity contribution in [1.82, 2.24) is 0 Å². The highest BCUT2D eigenvalue weighted by molar-refractivity contribution is 5.80. The molecule has 0 aliphatic heterocycles. The third-order valence-electron chi connectivity index (χ3n) is 5.73. The minimum absolute atomic E-state index is 0.232. The maximum Gasteiger partial charge on any atom is 0.0991 e. The van der Waals surface area contributed by atoms with Crippen molar-refractivity contribution in [3.05, 3.63) is 70.3 Å². The molecule has 0 heterocycles. The zero-order chi connectivity index (χ0) is 18.2. The zero-order valence-corrected chi connectivity index (χ0v) is 16.0. The van der Waals surface area contributed by atoms with Gasteiger partial charge in [-0.25, -0.2) is 0 Å². The van der Waals surface area contributed by atoms with Crippen LogP contribution in [0, 0.1) is 11.3 Å². The Balaban J connectivity index is 2.01. The van der Waals surface area contributed by atoms with E-state index in [1.807, 2.05) is 24.3 Å². The summed E-state index contributed by atoms with van der Waals surface area (Å²) in [6, 6.07) is 16.9. The molecular formula is C24H27N. The molecule has 0 bridgehead atoms. The van der Waals surface area contributed by atoms with E-state index in [1.54, 1.807) is 0 Å². The van der Waals surface area contributed by atoms with Crippen LogP contribution in [0.4, 0.5) is 0 Å². The van der Waals surface area contributed by atoms with Crippen LogP contribution >= 0.6 is 0 Å². The van der Waals surface area contributed by atoms with Crippen molar-refractivity contribution >= 4 is 11.6 Å². The average Bonchev–Trinajstić information content (AvgIpc) is 2.59. The Morgan fingerprint density at radius 3 is 2.12 bits per heavy atom. The van der Waals surface area contributed by atoms with Crippen LogP contribution < -0.4 is 0 Å². The Morgan fingerprint density at radius 2 is 1.52 bits per heavy atom. The predicted octanol–water partition coefficient (Wildman–Crippen LogP) is 6.47. The molecule has 25 heavy (non-hydrogen) atoms. The van der Waals surface area contributed by atoms with E-state index in [4.69, 9.17) is 5.26 Å². The van der Waals surface area contributed by atoms with Gasteiger partial charge in [-0.3, -0.25) is 0 Å². The molecule has 0 atom stereocenters. The molecule has 0 amide bonds. The fourth-order valence-corrected chi connectivity index (χ4v) is 3.82. The molecule has 0 radical (unpaired) electrons. The van der Waals surface area contributed by atoms with Gasteiger partial charge in [0.2, 0.25) is 0 Å². The first-order valence-electron chi connectivity index (χ1n) is 9.07. The summed E-state index contributed by atoms with van der Waals surface area (Å²) in [6.45, 7) is 11.6. The first-order chi connectivity index (χ1) is 11.7. The molecular weight excluding hydrogens is 302 g/mol. The van der Waals surface area contributed by atoms with Crippen molar-refractivity contribution in [2.75, 3.05) is 0 Å². The number of benzene rings is 2. The second-order valence-electron chi connectivity index (χ2n) is 8.59. The van der Waals surface area contributed by atoms with Gasteiger partial charge in [-0.15, -0.1) is 0 Å². The van der Waals surface area contributed by atoms with Gasteiger partial charge in [0, 0.05) is 0 Å². The summed E-state index contributed by atoms with van der Waals surface area (Å²) in [5.41, 5.74) is 7.86. The van der Waals surface area contributed by atoms with Gasteiger partial charge in [0.05, 0.1) is 11.6 Å². The number of fused-ring (bicyclic) bond motifs is 1. The van der Waals surface area contributed by atoms with Gasteiger partial charge in [-0.2, -0.15) is 5.26 Å². The summed E-state index contributed by atoms with van der Waals surface area (Å²) in [6.07, 6.45) is 4.67. The van der Waals surface area contributed by atoms with Gasteiger partial charge in [-0.1, -0.05) is 64.1 Å². The van der Waals surface area contributed by atoms with Crippen molar-refractivity contribution in [2.24, 2.45) is 0 Å². The highest BCUT2D eigenvalue weighted by Crippen LogP contribution is 2.46. The van der Waals surface area contributed by atoms with Crippen molar-refractivity contribution in [3.8, 4) is 6.07 Å². The molecule has 2 aromatic carbocycles. The van der Waals surface area contributed by atoms with E-state index >= 15 is 0 Å². The van der Waals surface area contributed by atoms with E-state index in [-0.39, 0.29) is 10.8 Å². The first-order valence-corrected chi connectivity index (χ1v) is 9.07. The molecule has 128 valence electrons. The van der Waals surface area contributed by atoms with Crippen molar-refractivity contribution in [2.45, 2.75) is 58.3 Å². The van der Waals surface area contributed by atoms with Crippen LogP contribution in [0.25, 0.3) is 11.6 Å². The van der Waals surface area contributed by atoms with Gasteiger partial charge in [0.15, 0.2) is 0 Å². The van der Waals surface area contributed by atoms with Crippen LogP contribution in [-0.4, -0.2) is 0 Å². The molecule has 0 saturated heterocycles. The molecule has 3 rings (SSSR count). The number of hydrogen-bond acceptors (Lipinski definition) is 1. The molecule has 0 saturated carbocycles. The minimum atomic E-state index is 0.232. The summed E-state index contributed by atoms with van der Waals surface area (Å²) in [5, 5.41) is 8.93. The summed E-state index contributed by atoms with van der Waals surface area (Å²) in [7, 11) is 0. The molecule has 0 fully saturated rings. The maximum absolute atomic E-state index is 8.93. The second kappa shape index (κ2) is 6.19. The molecule has 0 unspecified atom stereocenters. The molecule has 2 aromatic rings. The SMILES string of the molecule is C/C(=C/c1ccc(C#N)cc1)c1ccc2c(c1)C(C)(C)CCC2(C)C. The lowest BCUT2D eigenvalue weighted by Crippen LogP contribution is -2.33. The summed E-state index contributed by atoms with van der Waals surface area (Å²) in [4.78, 5) is 0. The number of nitrogens with zero attached hydrogens (tertiary/aromatic N) is 1. The van der Waals surface area contributed by atoms with Crippen LogP contribution in [0.15, 0.2) is 42.5 Å². The Labute approximate surface area is 152 Å². The van der Waals surface area contributed by atoms with Crippen LogP contribution in [0.1, 0.15) is 75.3 Å². The van der Waals surface area contributed by atoms with Crippen molar-refractivity contribution < 1.29 is 0 Å². The molecule has 1 aliphatic rings. The lowest BCUT2D eigenvalue weighted by molar-refractivity contribution is 0.332. The third kappa shape index (κ3) is 3.40. The smallest absolute Gasteiger partial charge is 0.0991 e. The normalized spacial score (nSPS) is 18.3. The van der Waals surface area contributed by atoms with E-state index in [2.05, 4.69) is 65.0 Å². The quantitative estimate of drug-likeness (QED) is 0.579. The average molecular weight is 329 g/mol. The fraction of sp³-hybridized carbons (Fsp3) is 0.375. The van der Waals surface area contributed by atoms with Gasteiger partial charge in [0.1, 0.15) is 0 Å². The van der Waals surface area contributed by atoms with Crippen LogP contribution in [-0.2, 0) is 10.8 Å². The highest BCUT2D eigenvalue weighted by Gasteiger charge is 2.36. The number of nitriles is 1. The third-order valence-corrected chi connectivity index (χ3v) is 5.73. The van der Waals surface area contributed by atoms with Crippen LogP contribution in [0.5, 0.6) is 0 Å². The maximum atomic E-state index is 8.93. The molecule has 0 spiro atoms. The Morgan fingerprint density at radius 1 is 0.920 bits per heavy atom. The topological polar surface area (TPSA) is 23.8 Å². The van der Waals surface area contributed by atoms with Crippen molar-refractivity contribution in [1.29, 1.82) is 5.26 Å². The Hall–Kier alpha value is -2.33. The van der Waals surface area contributed by atoms with Gasteiger partial charge in [-0.05, 0) is 70.6 Å². The van der Waals surface area contributed by atoms with E-state index < -0.39 is 0 Å². The monoisotopic (exact) mass is 329 g/mol. The molecule has 0 N–H and O–H groups in total. The van der Waals surface area contributed by atoms with Gasteiger partial charge >= 0.3 is 0 Å². The minimum Gasteiger partial charge on any atom is -0.192 e. The summed E-state index contributed by atoms with van der Waals surface area (Å²) in [5.74, 6) is 0. The molecule has 1 heteroatoms. The number of rotatable bonds is 2. The standard InChI is InChI=1S/C24H27N/c1-17(14-18-6-8-19(16-25)9-7-18)20-10-11-21-22(15-20)24(4,5)13-12-23(21,2)3/h6-11,14-15H,12-13H2,1-5H3/b17-14-. The predicted molar refractivity (Wildman–Crippen MR) is 106 cm³/mol. The van der Waals surface area contributed by atoms with Crippen LogP contribution in [0.2, 0.25) is 0 Å². The van der Waals surface area contributed by atoms with Gasteiger partial charge < -0.3 is 0 Å². The summed E-state index contributed by atoms with van der Waals surface area (Å²) >= 11 is 0. The van der Waals surface area contributed by atoms with Crippen molar-refractivity contribution in [3.63, 3.8) is 0 Å². The second-order valence-corrected chi connectivity index (χ2v) is 8.59. The van der Waals surface area contributed by atoms with E-state index in [0.29, 0.717) is 5.56 Å². The van der Waals surface area contributed by atoms with Crippen LogP contribution in [0.3, 0.4) is 0 Å². The largest absolute Gasteiger partial charge is 0.192 e. The molecule has 1 aliphatic carbocycles. The van der Waals surface area contributed by atoms with E-state index in [9.17, 15) is 0 Å². The van der Waals surface area contributed by atoms with E-state index in [1.165, 1.54) is 35.1 Å². The fourth-order valence-electron chi connectivity index (χ4n) is 3.82. The number of hydrogen-bond donors (Lipinski definition) is 0. The lowest BCUT2D eigenvalue weighted by Gasteiger charge is -2.42. The van der Waals surface area contributed by atoms with Gasteiger partial charge in [0.25, 0.3) is 0 Å². The first kappa shape index (κ1) is 17.5. The highest BCUT2D eigenvalue weighted by atomic mass is 14.4. The molecule has 0 aromatic heterocycles. The molecule has 1 nitrogen and oxygen atoms in total. The van der Waals surface area contributed by atoms with E-state index in [0.717, 1.165) is 5.56 Å². The Bertz CT molecular complexity index is 858.